The van der Waals surface area contributed by atoms with Gasteiger partial charge in [0.05, 0.1) is 34.6 Å². The number of amides is 1. The molecule has 0 saturated carbocycles. The number of benzene rings is 2. The molecule has 1 fully saturated rings. The third kappa shape index (κ3) is 4.15. The summed E-state index contributed by atoms with van der Waals surface area (Å²) in [7, 11) is 0. The summed E-state index contributed by atoms with van der Waals surface area (Å²) in [5.74, 6) is -0.358. The van der Waals surface area contributed by atoms with Crippen molar-refractivity contribution in [3.8, 4) is 0 Å². The molecule has 2 aromatic rings. The Morgan fingerprint density at radius 2 is 1.81 bits per heavy atom. The minimum absolute atomic E-state index is 0.0462. The molecule has 1 atom stereocenters. The van der Waals surface area contributed by atoms with Crippen molar-refractivity contribution in [2.45, 2.75) is 24.6 Å². The average Bonchev–Trinajstić information content (AvgIpc) is 3.13. The Hall–Kier alpha value is -1.83. The predicted octanol–water partition coefficient (Wildman–Crippen LogP) is 5.54. The predicted molar refractivity (Wildman–Crippen MR) is 120 cm³/mol. The van der Waals surface area contributed by atoms with E-state index >= 15 is 4.39 Å². The molecule has 0 aliphatic carbocycles. The average molecular weight is 485 g/mol. The van der Waals surface area contributed by atoms with Gasteiger partial charge in [0.2, 0.25) is 5.91 Å². The highest BCUT2D eigenvalue weighted by molar-refractivity contribution is 7.99. The third-order valence-corrected chi connectivity index (χ3v) is 6.78. The topological polar surface area (TPSA) is 41.9 Å². The second-order valence-electron chi connectivity index (χ2n) is 8.02. The Morgan fingerprint density at radius 3 is 2.39 bits per heavy atom. The summed E-state index contributed by atoms with van der Waals surface area (Å²) < 4.78 is 28.9. The molecular weight excluding hydrogens is 465 g/mol. The molecule has 0 N–H and O–H groups in total. The lowest BCUT2D eigenvalue weighted by atomic mass is 9.86. The van der Waals surface area contributed by atoms with Crippen LogP contribution in [0.2, 0.25) is 10.0 Å². The maximum Gasteiger partial charge on any atom is 0.232 e. The number of likely N-dealkylation sites (tertiary alicyclic amines) is 1. The fraction of sp³-hybridized carbons (Fsp3) is 0.364. The molecule has 4 nitrogen and oxygen atoms in total. The second-order valence-corrected chi connectivity index (χ2v) is 9.70. The maximum atomic E-state index is 15.1. The Kier molecular flexibility index (Phi) is 5.96. The smallest absolute Gasteiger partial charge is 0.232 e. The van der Waals surface area contributed by atoms with Crippen molar-refractivity contribution in [3.05, 3.63) is 69.0 Å². The van der Waals surface area contributed by atoms with Crippen LogP contribution in [0.3, 0.4) is 0 Å². The number of hydrogen-bond acceptors (Lipinski definition) is 4. The molecule has 1 saturated heterocycles. The quantitative estimate of drug-likeness (QED) is 0.523. The van der Waals surface area contributed by atoms with Crippen LogP contribution >= 0.6 is 35.0 Å². The molecule has 31 heavy (non-hydrogen) atoms. The van der Waals surface area contributed by atoms with Crippen LogP contribution in [0, 0.1) is 5.82 Å². The zero-order valence-electron chi connectivity index (χ0n) is 16.9. The molecule has 0 radical (unpaired) electrons. The van der Waals surface area contributed by atoms with Crippen molar-refractivity contribution < 1.29 is 18.4 Å². The lowest BCUT2D eigenvalue weighted by Gasteiger charge is -2.44. The van der Waals surface area contributed by atoms with E-state index < -0.39 is 17.1 Å². The number of thioether (sulfide) groups is 1. The van der Waals surface area contributed by atoms with E-state index in [0.29, 0.717) is 29.0 Å². The molecule has 0 bridgehead atoms. The third-order valence-electron chi connectivity index (χ3n) is 5.70. The Balaban J connectivity index is 1.46. The number of hydrogen-bond donors (Lipinski definition) is 0. The molecule has 2 heterocycles. The van der Waals surface area contributed by atoms with Gasteiger partial charge in [0, 0.05) is 12.0 Å². The van der Waals surface area contributed by atoms with Crippen molar-refractivity contribution in [1.29, 1.82) is 0 Å². The number of nitrogens with zero attached hydrogens (tertiary/aromatic N) is 2. The van der Waals surface area contributed by atoms with E-state index in [1.54, 1.807) is 24.3 Å². The molecule has 4 rings (SSSR count). The summed E-state index contributed by atoms with van der Waals surface area (Å²) in [6, 6.07) is 9.99. The van der Waals surface area contributed by atoms with Gasteiger partial charge in [-0.25, -0.2) is 8.78 Å². The summed E-state index contributed by atoms with van der Waals surface area (Å²) >= 11 is 13.3. The number of carbonyl (C=O) groups is 1. The van der Waals surface area contributed by atoms with Crippen molar-refractivity contribution in [2.24, 2.45) is 5.16 Å². The van der Waals surface area contributed by atoms with Crippen LogP contribution < -0.4 is 0 Å². The SMILES string of the molecule is CSCC(=O)N1CC(F)(c2ccc(C3=NOC(C)(c4cc(Cl)c(F)c(Cl)c4)C3)cc2)C1. The summed E-state index contributed by atoms with van der Waals surface area (Å²) in [4.78, 5) is 19.1. The lowest BCUT2D eigenvalue weighted by molar-refractivity contribution is -0.143. The minimum atomic E-state index is -1.53. The van der Waals surface area contributed by atoms with Gasteiger partial charge in [-0.15, -0.1) is 0 Å². The largest absolute Gasteiger partial charge is 0.384 e. The van der Waals surface area contributed by atoms with Crippen LogP contribution in [-0.2, 0) is 20.9 Å². The van der Waals surface area contributed by atoms with Gasteiger partial charge in [-0.05, 0) is 36.4 Å². The molecule has 9 heteroatoms. The van der Waals surface area contributed by atoms with Crippen LogP contribution in [0.25, 0.3) is 0 Å². The molecule has 2 aliphatic rings. The summed E-state index contributed by atoms with van der Waals surface area (Å²) in [5.41, 5.74) is 0.253. The minimum Gasteiger partial charge on any atom is -0.384 e. The fourth-order valence-electron chi connectivity index (χ4n) is 3.80. The van der Waals surface area contributed by atoms with Crippen LogP contribution in [0.1, 0.15) is 30.0 Å². The highest BCUT2D eigenvalue weighted by atomic mass is 35.5. The molecule has 164 valence electrons. The van der Waals surface area contributed by atoms with E-state index in [-0.39, 0.29) is 29.0 Å². The fourth-order valence-corrected chi connectivity index (χ4v) is 4.72. The van der Waals surface area contributed by atoms with E-state index in [4.69, 9.17) is 28.0 Å². The first kappa shape index (κ1) is 22.4. The van der Waals surface area contributed by atoms with E-state index in [1.165, 1.54) is 28.8 Å². The van der Waals surface area contributed by atoms with E-state index in [0.717, 1.165) is 5.56 Å². The molecule has 1 unspecified atom stereocenters. The van der Waals surface area contributed by atoms with Gasteiger partial charge in [0.15, 0.2) is 17.1 Å². The molecule has 2 aromatic carbocycles. The zero-order chi connectivity index (χ0) is 22.4. The highest BCUT2D eigenvalue weighted by Gasteiger charge is 2.47. The Labute approximate surface area is 193 Å². The first-order chi connectivity index (χ1) is 14.6. The standard InChI is InChI=1S/C22H20Cl2F2N2O2S/c1-21(15-7-16(23)20(25)17(24)8-15)9-18(27-30-21)13-3-5-14(6-4-13)22(26)11-28(12-22)19(29)10-31-2/h3-8H,9-12H2,1-2H3. The maximum absolute atomic E-state index is 15.1. The van der Waals surface area contributed by atoms with Gasteiger partial charge in [-0.2, -0.15) is 11.8 Å². The van der Waals surface area contributed by atoms with Crippen LogP contribution in [0.4, 0.5) is 8.78 Å². The van der Waals surface area contributed by atoms with Gasteiger partial charge in [0.1, 0.15) is 0 Å². The number of carbonyl (C=O) groups excluding carboxylic acids is 1. The molecular formula is C22H20Cl2F2N2O2S. The van der Waals surface area contributed by atoms with Gasteiger partial charge in [-0.1, -0.05) is 52.6 Å². The lowest BCUT2D eigenvalue weighted by Crippen LogP contribution is -2.59. The van der Waals surface area contributed by atoms with Crippen molar-refractivity contribution >= 4 is 46.6 Å². The zero-order valence-corrected chi connectivity index (χ0v) is 19.3. The number of halogens is 4. The normalized spacial score (nSPS) is 22.0. The van der Waals surface area contributed by atoms with Gasteiger partial charge >= 0.3 is 0 Å². The van der Waals surface area contributed by atoms with Crippen molar-refractivity contribution in [1.82, 2.24) is 4.90 Å². The second kappa shape index (κ2) is 8.26. The molecule has 2 aliphatic heterocycles. The summed E-state index contributed by atoms with van der Waals surface area (Å²) in [6.45, 7) is 1.96. The van der Waals surface area contributed by atoms with Crippen molar-refractivity contribution in [3.63, 3.8) is 0 Å². The summed E-state index contributed by atoms with van der Waals surface area (Å²) in [6.07, 6.45) is 2.27. The van der Waals surface area contributed by atoms with Gasteiger partial charge in [-0.3, -0.25) is 4.79 Å². The van der Waals surface area contributed by atoms with E-state index in [1.807, 2.05) is 13.2 Å². The Bertz CT molecular complexity index is 1030. The number of alkyl halides is 1. The monoisotopic (exact) mass is 484 g/mol. The van der Waals surface area contributed by atoms with E-state index in [2.05, 4.69) is 5.16 Å². The number of oxime groups is 1. The highest BCUT2D eigenvalue weighted by Crippen LogP contribution is 2.40. The molecule has 0 spiro atoms. The first-order valence-electron chi connectivity index (χ1n) is 9.62. The summed E-state index contributed by atoms with van der Waals surface area (Å²) in [5, 5.41) is 4.03. The van der Waals surface area contributed by atoms with E-state index in [9.17, 15) is 9.18 Å². The molecule has 0 aromatic heterocycles. The van der Waals surface area contributed by atoms with Crippen molar-refractivity contribution in [2.75, 3.05) is 25.1 Å². The van der Waals surface area contributed by atoms with Crippen LogP contribution in [0.5, 0.6) is 0 Å². The number of rotatable bonds is 5. The first-order valence-corrected chi connectivity index (χ1v) is 11.8. The Morgan fingerprint density at radius 1 is 1.19 bits per heavy atom. The van der Waals surface area contributed by atoms with Gasteiger partial charge < -0.3 is 9.74 Å². The van der Waals surface area contributed by atoms with Crippen LogP contribution in [-0.4, -0.2) is 41.6 Å². The molecule has 1 amide bonds. The van der Waals surface area contributed by atoms with Gasteiger partial charge in [0.25, 0.3) is 0 Å². The van der Waals surface area contributed by atoms with Crippen LogP contribution in [0.15, 0.2) is 41.6 Å².